The highest BCUT2D eigenvalue weighted by atomic mass is 32.1. The molecule has 0 aliphatic heterocycles. The number of carboxylic acid groups (broad SMARTS) is 1. The fourth-order valence-electron chi connectivity index (χ4n) is 1.91. The Morgan fingerprint density at radius 2 is 1.75 bits per heavy atom. The molecule has 0 saturated carbocycles. The lowest BCUT2D eigenvalue weighted by Gasteiger charge is -2.08. The molecule has 2 N–H and O–H groups in total. The Labute approximate surface area is 121 Å². The number of hydrogen-bond acceptors (Lipinski definition) is 3. The Balaban J connectivity index is 2.03. The molecule has 0 aliphatic carbocycles. The number of hydrogen-bond donors (Lipinski definition) is 2. The van der Waals surface area contributed by atoms with E-state index < -0.39 is 5.97 Å². The van der Waals surface area contributed by atoms with Gasteiger partial charge in [-0.05, 0) is 29.7 Å². The Bertz CT molecular complexity index is 634. The molecule has 1 aromatic heterocycles. The van der Waals surface area contributed by atoms with Crippen molar-refractivity contribution in [2.45, 2.75) is 19.9 Å². The maximum atomic E-state index is 12.0. The molecule has 5 heteroatoms. The number of carbonyl (C=O) groups is 2. The maximum absolute atomic E-state index is 12.0. The summed E-state index contributed by atoms with van der Waals surface area (Å²) in [4.78, 5) is 23.3. The summed E-state index contributed by atoms with van der Waals surface area (Å²) >= 11 is 0.983. The molecule has 2 aromatic rings. The molecule has 20 heavy (non-hydrogen) atoms. The Morgan fingerprint density at radius 3 is 2.35 bits per heavy atom. The van der Waals surface area contributed by atoms with Gasteiger partial charge in [0.05, 0.1) is 4.88 Å². The lowest BCUT2D eigenvalue weighted by molar-refractivity contribution is 0.0702. The first kappa shape index (κ1) is 14.3. The highest BCUT2D eigenvalue weighted by molar-refractivity contribution is 7.15. The highest BCUT2D eigenvalue weighted by Gasteiger charge is 2.12. The van der Waals surface area contributed by atoms with Crippen molar-refractivity contribution in [1.29, 1.82) is 0 Å². The van der Waals surface area contributed by atoms with Crippen LogP contribution in [0.5, 0.6) is 0 Å². The zero-order chi connectivity index (χ0) is 14.5. The zero-order valence-electron chi connectivity index (χ0n) is 11.1. The minimum atomic E-state index is -1.01. The number of carboxylic acids is 1. The molecule has 0 atom stereocenters. The van der Waals surface area contributed by atoms with Gasteiger partial charge in [-0.25, -0.2) is 4.79 Å². The summed E-state index contributed by atoms with van der Waals surface area (Å²) in [5, 5.41) is 11.7. The van der Waals surface area contributed by atoms with Crippen molar-refractivity contribution in [3.8, 4) is 0 Å². The van der Waals surface area contributed by atoms with Gasteiger partial charge in [0.2, 0.25) is 0 Å². The Kier molecular flexibility index (Phi) is 4.53. The van der Waals surface area contributed by atoms with Crippen LogP contribution in [-0.2, 0) is 13.0 Å². The van der Waals surface area contributed by atoms with Crippen molar-refractivity contribution in [3.05, 3.63) is 57.3 Å². The predicted molar refractivity (Wildman–Crippen MR) is 78.3 cm³/mol. The third kappa shape index (κ3) is 3.24. The fourth-order valence-corrected chi connectivity index (χ4v) is 2.67. The Morgan fingerprint density at radius 1 is 1.10 bits per heavy atom. The molecule has 104 valence electrons. The van der Waals surface area contributed by atoms with E-state index in [-0.39, 0.29) is 10.8 Å². The van der Waals surface area contributed by atoms with Crippen molar-refractivity contribution in [1.82, 2.24) is 5.32 Å². The quantitative estimate of drug-likeness (QED) is 0.889. The van der Waals surface area contributed by atoms with Crippen molar-refractivity contribution in [2.24, 2.45) is 0 Å². The average molecular weight is 289 g/mol. The second-order valence-electron chi connectivity index (χ2n) is 4.27. The summed E-state index contributed by atoms with van der Waals surface area (Å²) in [7, 11) is 0. The van der Waals surface area contributed by atoms with Gasteiger partial charge in [-0.2, -0.15) is 0 Å². The summed E-state index contributed by atoms with van der Waals surface area (Å²) in [6, 6.07) is 10.9. The van der Waals surface area contributed by atoms with Gasteiger partial charge in [-0.1, -0.05) is 31.2 Å². The minimum Gasteiger partial charge on any atom is -0.477 e. The van der Waals surface area contributed by atoms with Crippen LogP contribution in [0.15, 0.2) is 36.4 Å². The van der Waals surface area contributed by atoms with E-state index in [9.17, 15) is 9.59 Å². The van der Waals surface area contributed by atoms with Crippen LogP contribution in [0.2, 0.25) is 0 Å². The van der Waals surface area contributed by atoms with Crippen molar-refractivity contribution < 1.29 is 14.7 Å². The largest absolute Gasteiger partial charge is 0.477 e. The van der Waals surface area contributed by atoms with E-state index in [1.165, 1.54) is 17.7 Å². The monoisotopic (exact) mass is 289 g/mol. The molecule has 0 spiro atoms. The zero-order valence-corrected chi connectivity index (χ0v) is 11.9. The van der Waals surface area contributed by atoms with Crippen LogP contribution in [0.3, 0.4) is 0 Å². The lowest BCUT2D eigenvalue weighted by Crippen LogP contribution is -2.22. The van der Waals surface area contributed by atoms with E-state index >= 15 is 0 Å². The Hall–Kier alpha value is -2.14. The van der Waals surface area contributed by atoms with E-state index in [2.05, 4.69) is 12.2 Å². The molecule has 0 unspecified atom stereocenters. The van der Waals surface area contributed by atoms with Crippen molar-refractivity contribution in [3.63, 3.8) is 0 Å². The second kappa shape index (κ2) is 6.34. The number of amides is 1. The molecule has 0 radical (unpaired) electrons. The van der Waals surface area contributed by atoms with Gasteiger partial charge in [0, 0.05) is 6.54 Å². The van der Waals surface area contributed by atoms with Crippen LogP contribution >= 0.6 is 11.3 Å². The molecule has 1 heterocycles. The summed E-state index contributed by atoms with van der Waals surface area (Å²) < 4.78 is 0. The highest BCUT2D eigenvalue weighted by Crippen LogP contribution is 2.16. The number of carbonyl (C=O) groups excluding carboxylic acids is 1. The first-order valence-corrected chi connectivity index (χ1v) is 7.11. The molecule has 2 rings (SSSR count). The van der Waals surface area contributed by atoms with Crippen LogP contribution in [0.25, 0.3) is 0 Å². The van der Waals surface area contributed by atoms with Gasteiger partial charge in [-0.3, -0.25) is 4.79 Å². The van der Waals surface area contributed by atoms with Crippen LogP contribution < -0.4 is 5.32 Å². The third-order valence-electron chi connectivity index (χ3n) is 2.98. The van der Waals surface area contributed by atoms with E-state index in [4.69, 9.17) is 5.11 Å². The maximum Gasteiger partial charge on any atom is 0.345 e. The summed E-state index contributed by atoms with van der Waals surface area (Å²) in [6.07, 6.45) is 0.911. The van der Waals surface area contributed by atoms with Crippen LogP contribution in [0.1, 0.15) is 37.4 Å². The van der Waals surface area contributed by atoms with Gasteiger partial charge in [0.25, 0.3) is 5.91 Å². The van der Waals surface area contributed by atoms with E-state index in [0.717, 1.165) is 23.3 Å². The van der Waals surface area contributed by atoms with E-state index in [1.54, 1.807) is 0 Å². The molecule has 4 nitrogen and oxygen atoms in total. The number of rotatable bonds is 5. The second-order valence-corrected chi connectivity index (χ2v) is 5.36. The van der Waals surface area contributed by atoms with Gasteiger partial charge in [0.15, 0.2) is 0 Å². The first-order chi connectivity index (χ1) is 9.61. The first-order valence-electron chi connectivity index (χ1n) is 6.30. The van der Waals surface area contributed by atoms with E-state index in [0.29, 0.717) is 11.4 Å². The summed E-state index contributed by atoms with van der Waals surface area (Å²) in [5.41, 5.74) is 2.28. The molecule has 0 fully saturated rings. The standard InChI is InChI=1S/C15H15NO3S/c1-2-10-5-3-4-6-11(10)9-16-14(17)12-7-8-13(20-12)15(18)19/h3-8H,2,9H2,1H3,(H,16,17)(H,18,19). The fraction of sp³-hybridized carbons (Fsp3) is 0.200. The van der Waals surface area contributed by atoms with Gasteiger partial charge in [0.1, 0.15) is 4.88 Å². The van der Waals surface area contributed by atoms with Gasteiger partial charge in [-0.15, -0.1) is 11.3 Å². The number of benzene rings is 1. The molecule has 0 aliphatic rings. The van der Waals surface area contributed by atoms with E-state index in [1.807, 2.05) is 24.3 Å². The van der Waals surface area contributed by atoms with Crippen LogP contribution in [0, 0.1) is 0 Å². The SMILES string of the molecule is CCc1ccccc1CNC(=O)c1ccc(C(=O)O)s1. The third-order valence-corrected chi connectivity index (χ3v) is 4.05. The smallest absolute Gasteiger partial charge is 0.345 e. The molecule has 0 bridgehead atoms. The van der Waals surface area contributed by atoms with Crippen molar-refractivity contribution >= 4 is 23.2 Å². The van der Waals surface area contributed by atoms with Gasteiger partial charge < -0.3 is 10.4 Å². The normalized spacial score (nSPS) is 10.2. The minimum absolute atomic E-state index is 0.170. The molecular formula is C15H15NO3S. The lowest BCUT2D eigenvalue weighted by atomic mass is 10.1. The molecule has 1 aromatic carbocycles. The van der Waals surface area contributed by atoms with Crippen LogP contribution in [0.4, 0.5) is 0 Å². The molecular weight excluding hydrogens is 274 g/mol. The number of aryl methyl sites for hydroxylation is 1. The summed E-state index contributed by atoms with van der Waals surface area (Å²) in [5.74, 6) is -1.25. The van der Waals surface area contributed by atoms with Crippen molar-refractivity contribution in [2.75, 3.05) is 0 Å². The predicted octanol–water partition coefficient (Wildman–Crippen LogP) is 2.94. The van der Waals surface area contributed by atoms with Gasteiger partial charge >= 0.3 is 5.97 Å². The number of thiophene rings is 1. The number of aromatic carboxylic acids is 1. The topological polar surface area (TPSA) is 66.4 Å². The molecule has 0 saturated heterocycles. The number of nitrogens with one attached hydrogen (secondary N) is 1. The van der Waals surface area contributed by atoms with Crippen LogP contribution in [-0.4, -0.2) is 17.0 Å². The summed E-state index contributed by atoms with van der Waals surface area (Å²) in [6.45, 7) is 2.52. The molecule has 1 amide bonds. The average Bonchev–Trinajstić information content (AvgIpc) is 2.95.